The predicted molar refractivity (Wildman–Crippen MR) is 59.2 cm³/mol. The molecule has 0 aliphatic heterocycles. The quantitative estimate of drug-likeness (QED) is 0.731. The number of hydrogen-bond donors (Lipinski definition) is 0. The van der Waals surface area contributed by atoms with Gasteiger partial charge < -0.3 is 4.74 Å². The van der Waals surface area contributed by atoms with Crippen LogP contribution in [0.15, 0.2) is 18.2 Å². The van der Waals surface area contributed by atoms with E-state index < -0.39 is 5.82 Å². The molecule has 86 valence electrons. The average Bonchev–Trinajstić information content (AvgIpc) is 2.14. The Morgan fingerprint density at radius 1 is 1.50 bits per heavy atom. The zero-order valence-corrected chi connectivity index (χ0v) is 9.33. The van der Waals surface area contributed by atoms with Crippen molar-refractivity contribution >= 4 is 5.78 Å². The Morgan fingerprint density at radius 2 is 2.25 bits per heavy atom. The van der Waals surface area contributed by atoms with Gasteiger partial charge in [-0.3, -0.25) is 4.79 Å². The van der Waals surface area contributed by atoms with E-state index in [0.29, 0.717) is 18.3 Å². The number of ether oxygens (including phenoxy) is 1. The third-order valence-electron chi connectivity index (χ3n) is 3.03. The van der Waals surface area contributed by atoms with Gasteiger partial charge >= 0.3 is 0 Å². The molecule has 0 saturated heterocycles. The number of carbonyl (C=O) groups is 1. The van der Waals surface area contributed by atoms with E-state index in [1.54, 1.807) is 6.07 Å². The van der Waals surface area contributed by atoms with Crippen LogP contribution in [0.3, 0.4) is 0 Å². The van der Waals surface area contributed by atoms with Crippen molar-refractivity contribution in [2.24, 2.45) is 5.92 Å². The average molecular weight is 222 g/mol. The molecular weight excluding hydrogens is 207 g/mol. The first-order valence-electron chi connectivity index (χ1n) is 5.60. The van der Waals surface area contributed by atoms with Gasteiger partial charge in [0, 0.05) is 6.07 Å². The lowest BCUT2D eigenvalue weighted by molar-refractivity contribution is 0.101. The van der Waals surface area contributed by atoms with Crippen LogP contribution >= 0.6 is 0 Å². The lowest BCUT2D eigenvalue weighted by Crippen LogP contribution is -2.19. The SMILES string of the molecule is CC(=O)c1ccc(OCC2CCC2)cc1F. The molecule has 1 aromatic rings. The van der Waals surface area contributed by atoms with Crippen LogP contribution in [0.1, 0.15) is 36.5 Å². The Balaban J connectivity index is 1.99. The Bertz CT molecular complexity index is 397. The molecule has 0 atom stereocenters. The highest BCUT2D eigenvalue weighted by Gasteiger charge is 2.18. The van der Waals surface area contributed by atoms with Gasteiger partial charge in [0.2, 0.25) is 0 Å². The highest BCUT2D eigenvalue weighted by molar-refractivity contribution is 5.94. The molecule has 0 N–H and O–H groups in total. The van der Waals surface area contributed by atoms with Crippen molar-refractivity contribution in [1.29, 1.82) is 0 Å². The first kappa shape index (κ1) is 11.1. The summed E-state index contributed by atoms with van der Waals surface area (Å²) in [6.07, 6.45) is 3.67. The highest BCUT2D eigenvalue weighted by atomic mass is 19.1. The molecule has 0 aromatic heterocycles. The highest BCUT2D eigenvalue weighted by Crippen LogP contribution is 2.27. The van der Waals surface area contributed by atoms with Crippen LogP contribution < -0.4 is 4.74 Å². The zero-order chi connectivity index (χ0) is 11.5. The standard InChI is InChI=1S/C13H15FO2/c1-9(15)12-6-5-11(7-13(12)14)16-8-10-3-2-4-10/h5-7,10H,2-4,8H2,1H3. The van der Waals surface area contributed by atoms with Gasteiger partial charge in [-0.25, -0.2) is 4.39 Å². The van der Waals surface area contributed by atoms with Gasteiger partial charge in [0.15, 0.2) is 5.78 Å². The number of Topliss-reactive ketones (excluding diaryl/α,β-unsaturated/α-hetero) is 1. The maximum atomic E-state index is 13.4. The second-order valence-corrected chi connectivity index (χ2v) is 4.31. The van der Waals surface area contributed by atoms with Crippen molar-refractivity contribution in [3.63, 3.8) is 0 Å². The summed E-state index contributed by atoms with van der Waals surface area (Å²) in [7, 11) is 0. The Hall–Kier alpha value is -1.38. The minimum atomic E-state index is -0.501. The topological polar surface area (TPSA) is 26.3 Å². The number of halogens is 1. The maximum Gasteiger partial charge on any atom is 0.162 e. The summed E-state index contributed by atoms with van der Waals surface area (Å²) < 4.78 is 18.9. The molecule has 3 heteroatoms. The molecule has 2 nitrogen and oxygen atoms in total. The maximum absolute atomic E-state index is 13.4. The van der Waals surface area contributed by atoms with E-state index in [2.05, 4.69) is 0 Å². The lowest BCUT2D eigenvalue weighted by Gasteiger charge is -2.25. The molecule has 1 aliphatic carbocycles. The van der Waals surface area contributed by atoms with E-state index in [1.165, 1.54) is 38.3 Å². The van der Waals surface area contributed by atoms with Gasteiger partial charge in [-0.15, -0.1) is 0 Å². The van der Waals surface area contributed by atoms with Crippen LogP contribution in [0, 0.1) is 11.7 Å². The van der Waals surface area contributed by atoms with Crippen molar-refractivity contribution in [3.8, 4) is 5.75 Å². The lowest BCUT2D eigenvalue weighted by atomic mass is 9.86. The fraction of sp³-hybridized carbons (Fsp3) is 0.462. The second kappa shape index (κ2) is 4.64. The van der Waals surface area contributed by atoms with Gasteiger partial charge in [-0.1, -0.05) is 6.42 Å². The second-order valence-electron chi connectivity index (χ2n) is 4.31. The van der Waals surface area contributed by atoms with Crippen molar-refractivity contribution in [1.82, 2.24) is 0 Å². The van der Waals surface area contributed by atoms with Crippen LogP contribution in [0.25, 0.3) is 0 Å². The van der Waals surface area contributed by atoms with Crippen molar-refractivity contribution in [2.45, 2.75) is 26.2 Å². The number of ketones is 1. The van der Waals surface area contributed by atoms with E-state index in [9.17, 15) is 9.18 Å². The fourth-order valence-corrected chi connectivity index (χ4v) is 1.74. The third-order valence-corrected chi connectivity index (χ3v) is 3.03. The van der Waals surface area contributed by atoms with Gasteiger partial charge in [-0.05, 0) is 37.8 Å². The van der Waals surface area contributed by atoms with Crippen LogP contribution in [-0.2, 0) is 0 Å². The van der Waals surface area contributed by atoms with Crippen LogP contribution in [0.2, 0.25) is 0 Å². The molecular formula is C13H15FO2. The van der Waals surface area contributed by atoms with Crippen LogP contribution in [0.5, 0.6) is 5.75 Å². The molecule has 0 radical (unpaired) electrons. The largest absolute Gasteiger partial charge is 0.493 e. The van der Waals surface area contributed by atoms with Gasteiger partial charge in [0.1, 0.15) is 11.6 Å². The van der Waals surface area contributed by atoms with E-state index in [0.717, 1.165) is 0 Å². The number of carbonyl (C=O) groups excluding carboxylic acids is 1. The minimum absolute atomic E-state index is 0.121. The monoisotopic (exact) mass is 222 g/mol. The van der Waals surface area contributed by atoms with Gasteiger partial charge in [-0.2, -0.15) is 0 Å². The Morgan fingerprint density at radius 3 is 2.75 bits per heavy atom. The summed E-state index contributed by atoms with van der Waals surface area (Å²) in [4.78, 5) is 11.0. The molecule has 1 aromatic carbocycles. The van der Waals surface area contributed by atoms with Crippen molar-refractivity contribution < 1.29 is 13.9 Å². The Kier molecular flexibility index (Phi) is 3.22. The molecule has 0 bridgehead atoms. The summed E-state index contributed by atoms with van der Waals surface area (Å²) in [5.41, 5.74) is 0.121. The first-order chi connectivity index (χ1) is 7.66. The number of hydrogen-bond acceptors (Lipinski definition) is 2. The summed E-state index contributed by atoms with van der Waals surface area (Å²) >= 11 is 0. The first-order valence-corrected chi connectivity index (χ1v) is 5.60. The van der Waals surface area contributed by atoms with E-state index in [-0.39, 0.29) is 11.3 Å². The molecule has 2 rings (SSSR count). The molecule has 0 amide bonds. The normalized spacial score (nSPS) is 15.6. The number of rotatable bonds is 4. The molecule has 1 saturated carbocycles. The van der Waals surface area contributed by atoms with E-state index in [1.807, 2.05) is 0 Å². The van der Waals surface area contributed by atoms with E-state index in [4.69, 9.17) is 4.74 Å². The summed E-state index contributed by atoms with van der Waals surface area (Å²) in [5, 5.41) is 0. The van der Waals surface area contributed by atoms with E-state index >= 15 is 0 Å². The summed E-state index contributed by atoms with van der Waals surface area (Å²) in [6, 6.07) is 4.42. The smallest absolute Gasteiger partial charge is 0.162 e. The molecule has 0 heterocycles. The van der Waals surface area contributed by atoms with Crippen molar-refractivity contribution in [2.75, 3.05) is 6.61 Å². The molecule has 1 aliphatic rings. The summed E-state index contributed by atoms with van der Waals surface area (Å²) in [5.74, 6) is 0.367. The zero-order valence-electron chi connectivity index (χ0n) is 9.33. The Labute approximate surface area is 94.4 Å². The fourth-order valence-electron chi connectivity index (χ4n) is 1.74. The van der Waals surface area contributed by atoms with Gasteiger partial charge in [0.25, 0.3) is 0 Å². The molecule has 16 heavy (non-hydrogen) atoms. The predicted octanol–water partition coefficient (Wildman–Crippen LogP) is 3.21. The molecule has 0 spiro atoms. The third kappa shape index (κ3) is 2.40. The molecule has 0 unspecified atom stereocenters. The summed E-state index contributed by atoms with van der Waals surface area (Å²) in [6.45, 7) is 2.01. The van der Waals surface area contributed by atoms with Crippen molar-refractivity contribution in [3.05, 3.63) is 29.6 Å². The molecule has 1 fully saturated rings. The van der Waals surface area contributed by atoms with Gasteiger partial charge in [0.05, 0.1) is 12.2 Å². The van der Waals surface area contributed by atoms with Crippen LogP contribution in [0.4, 0.5) is 4.39 Å². The minimum Gasteiger partial charge on any atom is -0.493 e. The number of benzene rings is 1. The van der Waals surface area contributed by atoms with Crippen LogP contribution in [-0.4, -0.2) is 12.4 Å².